The summed E-state index contributed by atoms with van der Waals surface area (Å²) in [5, 5.41) is 9.75. The molecule has 0 aliphatic heterocycles. The summed E-state index contributed by atoms with van der Waals surface area (Å²) in [5.41, 5.74) is 0. The molecule has 0 saturated heterocycles. The van der Waals surface area contributed by atoms with Gasteiger partial charge >= 0.3 is 0 Å². The number of rotatable bonds is 6. The maximum Gasteiger partial charge on any atom is 0.0568 e. The highest BCUT2D eigenvalue weighted by Gasteiger charge is 2.18. The van der Waals surface area contributed by atoms with Gasteiger partial charge < -0.3 is 5.11 Å². The fourth-order valence-electron chi connectivity index (χ4n) is 1.43. The Morgan fingerprint density at radius 3 is 2.17 bits per heavy atom. The second-order valence-corrected chi connectivity index (χ2v) is 3.95. The molecule has 12 heavy (non-hydrogen) atoms. The minimum Gasteiger partial charge on any atom is -0.393 e. The SMILES string of the molecule is CCCCC(O)C(C)C(C)CC. The van der Waals surface area contributed by atoms with Crippen molar-refractivity contribution >= 4 is 0 Å². The third kappa shape index (κ3) is 4.10. The van der Waals surface area contributed by atoms with Crippen LogP contribution in [0.15, 0.2) is 0 Å². The summed E-state index contributed by atoms with van der Waals surface area (Å²) in [6.07, 6.45) is 4.40. The molecule has 0 saturated carbocycles. The van der Waals surface area contributed by atoms with E-state index in [9.17, 15) is 5.11 Å². The van der Waals surface area contributed by atoms with Gasteiger partial charge in [-0.1, -0.05) is 47.0 Å². The Labute approximate surface area is 77.2 Å². The first-order chi connectivity index (χ1) is 5.63. The molecule has 74 valence electrons. The number of aliphatic hydroxyl groups excluding tert-OH is 1. The lowest BCUT2D eigenvalue weighted by atomic mass is 9.87. The van der Waals surface area contributed by atoms with E-state index in [1.54, 1.807) is 0 Å². The van der Waals surface area contributed by atoms with E-state index < -0.39 is 0 Å². The topological polar surface area (TPSA) is 20.2 Å². The van der Waals surface area contributed by atoms with Crippen molar-refractivity contribution in [3.63, 3.8) is 0 Å². The molecule has 0 aromatic rings. The van der Waals surface area contributed by atoms with Crippen LogP contribution in [0.5, 0.6) is 0 Å². The lowest BCUT2D eigenvalue weighted by molar-refractivity contribution is 0.0763. The van der Waals surface area contributed by atoms with Crippen molar-refractivity contribution in [2.45, 2.75) is 59.5 Å². The normalized spacial score (nSPS) is 18.8. The Hall–Kier alpha value is -0.0400. The number of hydrogen-bond donors (Lipinski definition) is 1. The zero-order valence-electron chi connectivity index (χ0n) is 9.01. The van der Waals surface area contributed by atoms with Crippen molar-refractivity contribution in [2.24, 2.45) is 11.8 Å². The van der Waals surface area contributed by atoms with E-state index in [-0.39, 0.29) is 6.10 Å². The molecule has 3 unspecified atom stereocenters. The number of unbranched alkanes of at least 4 members (excludes halogenated alkanes) is 1. The summed E-state index contributed by atoms with van der Waals surface area (Å²) in [6, 6.07) is 0. The molecule has 0 aliphatic carbocycles. The molecule has 0 rings (SSSR count). The molecule has 0 aliphatic rings. The van der Waals surface area contributed by atoms with Crippen LogP contribution in [-0.4, -0.2) is 11.2 Å². The molecule has 1 N–H and O–H groups in total. The Kier molecular flexibility index (Phi) is 6.45. The molecule has 0 bridgehead atoms. The lowest BCUT2D eigenvalue weighted by Crippen LogP contribution is -2.23. The van der Waals surface area contributed by atoms with Crippen molar-refractivity contribution in [3.8, 4) is 0 Å². The Morgan fingerprint density at radius 2 is 1.75 bits per heavy atom. The van der Waals surface area contributed by atoms with E-state index in [1.165, 1.54) is 12.8 Å². The Balaban J connectivity index is 3.67. The van der Waals surface area contributed by atoms with Crippen LogP contribution in [-0.2, 0) is 0 Å². The van der Waals surface area contributed by atoms with Gasteiger partial charge in [-0.25, -0.2) is 0 Å². The summed E-state index contributed by atoms with van der Waals surface area (Å²) in [7, 11) is 0. The molecule has 3 atom stereocenters. The van der Waals surface area contributed by atoms with Crippen LogP contribution in [0.4, 0.5) is 0 Å². The Morgan fingerprint density at radius 1 is 1.17 bits per heavy atom. The smallest absolute Gasteiger partial charge is 0.0568 e. The molecular weight excluding hydrogens is 148 g/mol. The van der Waals surface area contributed by atoms with Crippen LogP contribution in [0.1, 0.15) is 53.4 Å². The van der Waals surface area contributed by atoms with Gasteiger partial charge in [0.05, 0.1) is 6.10 Å². The van der Waals surface area contributed by atoms with Gasteiger partial charge in [0.1, 0.15) is 0 Å². The first-order valence-electron chi connectivity index (χ1n) is 5.31. The molecule has 1 nitrogen and oxygen atoms in total. The van der Waals surface area contributed by atoms with Gasteiger partial charge in [0.25, 0.3) is 0 Å². The van der Waals surface area contributed by atoms with E-state index in [0.29, 0.717) is 11.8 Å². The third-order valence-electron chi connectivity index (χ3n) is 3.00. The zero-order valence-corrected chi connectivity index (χ0v) is 9.01. The van der Waals surface area contributed by atoms with E-state index in [1.807, 2.05) is 0 Å². The van der Waals surface area contributed by atoms with Crippen LogP contribution in [0.2, 0.25) is 0 Å². The predicted molar refractivity (Wildman–Crippen MR) is 54.2 cm³/mol. The highest BCUT2D eigenvalue weighted by molar-refractivity contribution is 4.69. The zero-order chi connectivity index (χ0) is 9.56. The molecule has 0 heterocycles. The van der Waals surface area contributed by atoms with Crippen LogP contribution < -0.4 is 0 Å². The van der Waals surface area contributed by atoms with Crippen LogP contribution in [0, 0.1) is 11.8 Å². The monoisotopic (exact) mass is 172 g/mol. The highest BCUT2D eigenvalue weighted by Crippen LogP contribution is 2.21. The van der Waals surface area contributed by atoms with Crippen LogP contribution in [0.3, 0.4) is 0 Å². The Bertz CT molecular complexity index is 101. The summed E-state index contributed by atoms with van der Waals surface area (Å²) >= 11 is 0. The van der Waals surface area contributed by atoms with Gasteiger partial charge in [-0.2, -0.15) is 0 Å². The maximum absolute atomic E-state index is 9.75. The van der Waals surface area contributed by atoms with Crippen molar-refractivity contribution in [3.05, 3.63) is 0 Å². The van der Waals surface area contributed by atoms with E-state index in [2.05, 4.69) is 27.7 Å². The summed E-state index contributed by atoms with van der Waals surface area (Å²) < 4.78 is 0. The molecule has 0 spiro atoms. The molecule has 1 heteroatoms. The van der Waals surface area contributed by atoms with Crippen LogP contribution in [0.25, 0.3) is 0 Å². The number of hydrogen-bond acceptors (Lipinski definition) is 1. The molecule has 0 fully saturated rings. The van der Waals surface area contributed by atoms with E-state index >= 15 is 0 Å². The van der Waals surface area contributed by atoms with Crippen molar-refractivity contribution < 1.29 is 5.11 Å². The van der Waals surface area contributed by atoms with Gasteiger partial charge in [-0.3, -0.25) is 0 Å². The van der Waals surface area contributed by atoms with Gasteiger partial charge in [0.2, 0.25) is 0 Å². The first-order valence-corrected chi connectivity index (χ1v) is 5.31. The first kappa shape index (κ1) is 12.0. The molecular formula is C11H24O. The standard InChI is InChI=1S/C11H24O/c1-5-7-8-11(12)10(4)9(3)6-2/h9-12H,5-8H2,1-4H3. The minimum atomic E-state index is -0.0834. The molecule has 0 radical (unpaired) electrons. The number of aliphatic hydroxyl groups is 1. The average molecular weight is 172 g/mol. The second kappa shape index (κ2) is 6.47. The maximum atomic E-state index is 9.75. The molecule has 0 aromatic heterocycles. The highest BCUT2D eigenvalue weighted by atomic mass is 16.3. The van der Waals surface area contributed by atoms with Crippen LogP contribution >= 0.6 is 0 Å². The van der Waals surface area contributed by atoms with E-state index in [0.717, 1.165) is 12.8 Å². The van der Waals surface area contributed by atoms with Crippen molar-refractivity contribution in [2.75, 3.05) is 0 Å². The quantitative estimate of drug-likeness (QED) is 0.652. The molecule has 0 amide bonds. The minimum absolute atomic E-state index is 0.0834. The fourth-order valence-corrected chi connectivity index (χ4v) is 1.43. The summed E-state index contributed by atoms with van der Waals surface area (Å²) in [6.45, 7) is 8.74. The van der Waals surface area contributed by atoms with Crippen molar-refractivity contribution in [1.29, 1.82) is 0 Å². The predicted octanol–water partition coefficient (Wildman–Crippen LogP) is 3.22. The van der Waals surface area contributed by atoms with Gasteiger partial charge in [-0.15, -0.1) is 0 Å². The van der Waals surface area contributed by atoms with Crippen molar-refractivity contribution in [1.82, 2.24) is 0 Å². The van der Waals surface area contributed by atoms with E-state index in [4.69, 9.17) is 0 Å². The van der Waals surface area contributed by atoms with Gasteiger partial charge in [-0.05, 0) is 18.3 Å². The summed E-state index contributed by atoms with van der Waals surface area (Å²) in [4.78, 5) is 0. The van der Waals surface area contributed by atoms with Gasteiger partial charge in [0, 0.05) is 0 Å². The third-order valence-corrected chi connectivity index (χ3v) is 3.00. The largest absolute Gasteiger partial charge is 0.393 e. The lowest BCUT2D eigenvalue weighted by Gasteiger charge is -2.23. The fraction of sp³-hybridized carbons (Fsp3) is 1.00. The summed E-state index contributed by atoms with van der Waals surface area (Å²) in [5.74, 6) is 1.11. The molecule has 0 aromatic carbocycles. The second-order valence-electron chi connectivity index (χ2n) is 3.95. The average Bonchev–Trinajstić information content (AvgIpc) is 2.11. The van der Waals surface area contributed by atoms with Gasteiger partial charge in [0.15, 0.2) is 0 Å².